The van der Waals surface area contributed by atoms with Gasteiger partial charge in [-0.15, -0.1) is 0 Å². The van der Waals surface area contributed by atoms with Crippen molar-refractivity contribution >= 4 is 5.97 Å². The minimum Gasteiger partial charge on any atom is -0.359 e. The minimum absolute atomic E-state index is 0.323. The lowest BCUT2D eigenvalue weighted by molar-refractivity contribution is -0.144. The molecule has 0 unspecified atom stereocenters. The second-order valence-corrected chi connectivity index (χ2v) is 5.62. The third-order valence-corrected chi connectivity index (χ3v) is 3.51. The van der Waals surface area contributed by atoms with E-state index >= 15 is 0 Å². The van der Waals surface area contributed by atoms with Gasteiger partial charge in [-0.1, -0.05) is 63.3 Å². The van der Waals surface area contributed by atoms with Gasteiger partial charge in [0.15, 0.2) is 0 Å². The van der Waals surface area contributed by atoms with E-state index in [1.165, 1.54) is 38.5 Å². The van der Waals surface area contributed by atoms with E-state index in [1.54, 1.807) is 0 Å². The van der Waals surface area contributed by atoms with Gasteiger partial charge in [-0.3, -0.25) is 4.79 Å². The lowest BCUT2D eigenvalue weighted by atomic mass is 10.1. The molecule has 0 aromatic heterocycles. The summed E-state index contributed by atoms with van der Waals surface area (Å²) in [5.41, 5.74) is 7.99. The van der Waals surface area contributed by atoms with Crippen molar-refractivity contribution < 1.29 is 9.63 Å². The zero-order chi connectivity index (χ0) is 17.0. The van der Waals surface area contributed by atoms with Crippen LogP contribution in [0, 0.1) is 0 Å². The molecule has 0 spiro atoms. The molecule has 23 heavy (non-hydrogen) atoms. The maximum atomic E-state index is 11.0. The molecule has 0 aliphatic rings. The van der Waals surface area contributed by atoms with E-state index in [9.17, 15) is 4.79 Å². The van der Waals surface area contributed by atoms with E-state index < -0.39 is 5.97 Å². The zero-order valence-corrected chi connectivity index (χ0v) is 14.5. The standard InChI is InChI=1S/C18H31N3O2/c1-2-3-4-5-6-7-8-9-10-11-12-13-14-15-16-17-18(22)23-21-20-19/h6-7,9-10H,2-5,8,11-17H2,1H3/b7-6-,10-9-. The van der Waals surface area contributed by atoms with E-state index in [4.69, 9.17) is 5.53 Å². The summed E-state index contributed by atoms with van der Waals surface area (Å²) in [6.07, 6.45) is 22.0. The van der Waals surface area contributed by atoms with Gasteiger partial charge in [0.05, 0.1) is 0 Å². The van der Waals surface area contributed by atoms with Gasteiger partial charge < -0.3 is 4.84 Å². The van der Waals surface area contributed by atoms with Crippen LogP contribution in [0.5, 0.6) is 0 Å². The summed E-state index contributed by atoms with van der Waals surface area (Å²) in [4.78, 5) is 17.7. The lowest BCUT2D eigenvalue weighted by Gasteiger charge is -1.99. The maximum absolute atomic E-state index is 11.0. The average molecular weight is 321 g/mol. The maximum Gasteiger partial charge on any atom is 0.317 e. The molecular weight excluding hydrogens is 290 g/mol. The molecule has 0 atom stereocenters. The monoisotopic (exact) mass is 321 g/mol. The largest absolute Gasteiger partial charge is 0.359 e. The summed E-state index contributed by atoms with van der Waals surface area (Å²) in [5, 5.41) is 2.78. The van der Waals surface area contributed by atoms with Crippen molar-refractivity contribution in [1.29, 1.82) is 0 Å². The van der Waals surface area contributed by atoms with Gasteiger partial charge in [0, 0.05) is 11.3 Å². The lowest BCUT2D eigenvalue weighted by Crippen LogP contribution is -1.98. The van der Waals surface area contributed by atoms with Crippen LogP contribution in [-0.2, 0) is 9.63 Å². The first-order valence-corrected chi connectivity index (χ1v) is 8.85. The highest BCUT2D eigenvalue weighted by molar-refractivity contribution is 5.68. The molecule has 5 heteroatoms. The molecule has 0 aromatic rings. The van der Waals surface area contributed by atoms with Crippen LogP contribution in [0.3, 0.4) is 0 Å². The van der Waals surface area contributed by atoms with Crippen LogP contribution in [0.4, 0.5) is 0 Å². The van der Waals surface area contributed by atoms with Crippen LogP contribution in [0.25, 0.3) is 10.4 Å². The highest BCUT2D eigenvalue weighted by atomic mass is 16.7. The van der Waals surface area contributed by atoms with Crippen LogP contribution in [0.2, 0.25) is 0 Å². The third kappa shape index (κ3) is 18.2. The van der Waals surface area contributed by atoms with Gasteiger partial charge in [-0.05, 0) is 44.1 Å². The number of azide groups is 1. The van der Waals surface area contributed by atoms with Gasteiger partial charge in [0.1, 0.15) is 5.28 Å². The summed E-state index contributed by atoms with van der Waals surface area (Å²) < 4.78 is 0. The predicted molar refractivity (Wildman–Crippen MR) is 94.6 cm³/mol. The number of allylic oxidation sites excluding steroid dienone is 4. The molecule has 130 valence electrons. The Labute approximate surface area is 140 Å². The molecule has 0 aliphatic heterocycles. The fraction of sp³-hybridized carbons (Fsp3) is 0.722. The molecule has 0 saturated heterocycles. The molecule has 0 amide bonds. The SMILES string of the molecule is CCCCC/C=C\C/C=C\CCCCCCCC(=O)ON=[N+]=[N-]. The number of unbranched alkanes of at least 4 members (excludes halogenated alkanes) is 8. The molecule has 5 nitrogen and oxygen atoms in total. The number of carbonyl (C=O) groups excluding carboxylic acids is 1. The van der Waals surface area contributed by atoms with Crippen LogP contribution in [0.15, 0.2) is 29.6 Å². The Hall–Kier alpha value is -1.74. The fourth-order valence-corrected chi connectivity index (χ4v) is 2.19. The molecular formula is C18H31N3O2. The highest BCUT2D eigenvalue weighted by Crippen LogP contribution is 2.08. The van der Waals surface area contributed by atoms with Gasteiger partial charge in [0.2, 0.25) is 0 Å². The van der Waals surface area contributed by atoms with E-state index in [-0.39, 0.29) is 0 Å². The molecule has 0 aromatic carbocycles. The first kappa shape index (κ1) is 21.3. The molecule has 0 rings (SSSR count). The van der Waals surface area contributed by atoms with Crippen LogP contribution in [0.1, 0.15) is 84.0 Å². The number of nitrogens with zero attached hydrogens (tertiary/aromatic N) is 3. The minimum atomic E-state index is -0.450. The van der Waals surface area contributed by atoms with Gasteiger partial charge in [-0.2, -0.15) is 0 Å². The van der Waals surface area contributed by atoms with Gasteiger partial charge >= 0.3 is 5.97 Å². The normalized spacial score (nSPS) is 11.0. The second kappa shape index (κ2) is 18.3. The Balaban J connectivity index is 3.27. The number of hydrogen-bond donors (Lipinski definition) is 0. The van der Waals surface area contributed by atoms with E-state index in [2.05, 4.69) is 46.3 Å². The predicted octanol–water partition coefficient (Wildman–Crippen LogP) is 6.57. The molecule has 0 aliphatic carbocycles. The van der Waals surface area contributed by atoms with Gasteiger partial charge in [-0.25, -0.2) is 0 Å². The third-order valence-electron chi connectivity index (χ3n) is 3.51. The average Bonchev–Trinajstić information content (AvgIpc) is 2.56. The van der Waals surface area contributed by atoms with Crippen molar-refractivity contribution in [2.45, 2.75) is 84.0 Å². The Morgan fingerprint density at radius 2 is 1.57 bits per heavy atom. The quantitative estimate of drug-likeness (QED) is 0.0854. The molecule has 0 saturated carbocycles. The molecule has 0 fully saturated rings. The summed E-state index contributed by atoms with van der Waals surface area (Å²) in [5.74, 6) is -0.450. The Kier molecular flexibility index (Phi) is 16.9. The first-order valence-electron chi connectivity index (χ1n) is 8.85. The van der Waals surface area contributed by atoms with Crippen molar-refractivity contribution in [1.82, 2.24) is 0 Å². The Morgan fingerprint density at radius 1 is 0.957 bits per heavy atom. The van der Waals surface area contributed by atoms with Crippen molar-refractivity contribution in [3.05, 3.63) is 34.7 Å². The fourth-order valence-electron chi connectivity index (χ4n) is 2.19. The first-order chi connectivity index (χ1) is 11.3. The van der Waals surface area contributed by atoms with Crippen LogP contribution < -0.4 is 0 Å². The molecule has 0 bridgehead atoms. The Bertz CT molecular complexity index is 386. The topological polar surface area (TPSA) is 75.1 Å². The number of rotatable bonds is 15. The van der Waals surface area contributed by atoms with Crippen LogP contribution >= 0.6 is 0 Å². The molecule has 0 radical (unpaired) electrons. The summed E-state index contributed by atoms with van der Waals surface area (Å²) >= 11 is 0. The van der Waals surface area contributed by atoms with E-state index in [0.717, 1.165) is 32.1 Å². The summed E-state index contributed by atoms with van der Waals surface area (Å²) in [7, 11) is 0. The summed E-state index contributed by atoms with van der Waals surface area (Å²) in [6.45, 7) is 2.23. The van der Waals surface area contributed by atoms with Crippen molar-refractivity contribution in [3.8, 4) is 0 Å². The number of hydrogen-bond acceptors (Lipinski definition) is 3. The summed E-state index contributed by atoms with van der Waals surface area (Å²) in [6, 6.07) is 0. The van der Waals surface area contributed by atoms with E-state index in [1.807, 2.05) is 0 Å². The van der Waals surface area contributed by atoms with Gasteiger partial charge in [0.25, 0.3) is 0 Å². The second-order valence-electron chi connectivity index (χ2n) is 5.62. The molecule has 0 heterocycles. The van der Waals surface area contributed by atoms with Crippen molar-refractivity contribution in [2.75, 3.05) is 0 Å². The number of carbonyl (C=O) groups is 1. The molecule has 0 N–H and O–H groups in total. The van der Waals surface area contributed by atoms with Crippen molar-refractivity contribution in [3.63, 3.8) is 0 Å². The van der Waals surface area contributed by atoms with Crippen LogP contribution in [-0.4, -0.2) is 5.97 Å². The highest BCUT2D eigenvalue weighted by Gasteiger charge is 2.00. The zero-order valence-electron chi connectivity index (χ0n) is 14.5. The van der Waals surface area contributed by atoms with E-state index in [0.29, 0.717) is 6.42 Å². The Morgan fingerprint density at radius 3 is 2.22 bits per heavy atom. The smallest absolute Gasteiger partial charge is 0.317 e. The van der Waals surface area contributed by atoms with Crippen molar-refractivity contribution in [2.24, 2.45) is 5.28 Å².